The van der Waals surface area contributed by atoms with Crippen molar-refractivity contribution in [1.82, 2.24) is 5.32 Å². The first kappa shape index (κ1) is 13.7. The molecule has 1 atom stereocenters. The van der Waals surface area contributed by atoms with Crippen LogP contribution in [0.4, 0.5) is 0 Å². The average molecular weight is 287 g/mol. The molecule has 3 rings (SSSR count). The van der Waals surface area contributed by atoms with Crippen LogP contribution in [0.15, 0.2) is 29.6 Å². The van der Waals surface area contributed by atoms with Gasteiger partial charge in [-0.2, -0.15) is 0 Å². The van der Waals surface area contributed by atoms with Crippen molar-refractivity contribution in [3.8, 4) is 5.75 Å². The Morgan fingerprint density at radius 2 is 2.25 bits per heavy atom. The van der Waals surface area contributed by atoms with Crippen LogP contribution in [0.5, 0.6) is 5.75 Å². The van der Waals surface area contributed by atoms with Gasteiger partial charge in [0.2, 0.25) is 0 Å². The highest BCUT2D eigenvalue weighted by atomic mass is 32.1. The van der Waals surface area contributed by atoms with Crippen LogP contribution in [-0.2, 0) is 19.4 Å². The Hall–Kier alpha value is -1.32. The van der Waals surface area contributed by atoms with Crippen molar-refractivity contribution in [3.63, 3.8) is 0 Å². The second kappa shape index (κ2) is 5.98. The highest BCUT2D eigenvalue weighted by molar-refractivity contribution is 7.10. The number of aryl methyl sites for hydroxylation is 2. The van der Waals surface area contributed by atoms with Crippen LogP contribution in [0.1, 0.15) is 47.4 Å². The van der Waals surface area contributed by atoms with E-state index in [0.717, 1.165) is 19.4 Å². The number of benzene rings is 1. The van der Waals surface area contributed by atoms with E-state index in [4.69, 9.17) is 0 Å². The summed E-state index contributed by atoms with van der Waals surface area (Å²) >= 11 is 1.84. The van der Waals surface area contributed by atoms with E-state index in [1.165, 1.54) is 34.4 Å². The molecule has 106 valence electrons. The van der Waals surface area contributed by atoms with Gasteiger partial charge in [-0.25, -0.2) is 0 Å². The Morgan fingerprint density at radius 3 is 3.10 bits per heavy atom. The van der Waals surface area contributed by atoms with Crippen molar-refractivity contribution >= 4 is 11.3 Å². The SMILES string of the molecule is CCc1ccsc1CNC1CCCc2cc(O)ccc21. The first-order valence-corrected chi connectivity index (χ1v) is 8.26. The second-order valence-corrected chi connectivity index (χ2v) is 6.43. The molecule has 0 bridgehead atoms. The molecule has 0 saturated heterocycles. The van der Waals surface area contributed by atoms with Crippen LogP contribution in [0.3, 0.4) is 0 Å². The molecule has 0 saturated carbocycles. The molecule has 0 spiro atoms. The molecule has 1 aromatic carbocycles. The maximum absolute atomic E-state index is 9.60. The van der Waals surface area contributed by atoms with Gasteiger partial charge in [-0.15, -0.1) is 11.3 Å². The number of hydrogen-bond donors (Lipinski definition) is 2. The van der Waals surface area contributed by atoms with E-state index in [-0.39, 0.29) is 0 Å². The van der Waals surface area contributed by atoms with E-state index in [1.807, 2.05) is 17.4 Å². The molecule has 0 radical (unpaired) electrons. The molecule has 1 aliphatic rings. The molecule has 1 aliphatic carbocycles. The van der Waals surface area contributed by atoms with Crippen molar-refractivity contribution in [3.05, 3.63) is 51.2 Å². The quantitative estimate of drug-likeness (QED) is 0.884. The summed E-state index contributed by atoms with van der Waals surface area (Å²) in [5.41, 5.74) is 4.13. The number of fused-ring (bicyclic) bond motifs is 1. The summed E-state index contributed by atoms with van der Waals surface area (Å²) in [5, 5.41) is 15.5. The Morgan fingerprint density at radius 1 is 1.35 bits per heavy atom. The van der Waals surface area contributed by atoms with Crippen LogP contribution >= 0.6 is 11.3 Å². The van der Waals surface area contributed by atoms with E-state index < -0.39 is 0 Å². The van der Waals surface area contributed by atoms with Gasteiger partial charge in [-0.05, 0) is 66.0 Å². The van der Waals surface area contributed by atoms with Crippen molar-refractivity contribution < 1.29 is 5.11 Å². The van der Waals surface area contributed by atoms with Gasteiger partial charge in [0.25, 0.3) is 0 Å². The van der Waals surface area contributed by atoms with Crippen molar-refractivity contribution in [2.24, 2.45) is 0 Å². The predicted molar refractivity (Wildman–Crippen MR) is 84.3 cm³/mol. The van der Waals surface area contributed by atoms with E-state index in [9.17, 15) is 5.11 Å². The lowest BCUT2D eigenvalue weighted by Gasteiger charge is -2.26. The fourth-order valence-electron chi connectivity index (χ4n) is 3.07. The molecule has 3 heteroatoms. The number of rotatable bonds is 4. The second-order valence-electron chi connectivity index (χ2n) is 5.43. The first-order chi connectivity index (χ1) is 9.78. The van der Waals surface area contributed by atoms with Crippen LogP contribution in [0, 0.1) is 0 Å². The third-order valence-electron chi connectivity index (χ3n) is 4.17. The minimum absolute atomic E-state index is 0.385. The fourth-order valence-corrected chi connectivity index (χ4v) is 3.99. The van der Waals surface area contributed by atoms with Gasteiger partial charge in [0.05, 0.1) is 0 Å². The number of nitrogens with one attached hydrogen (secondary N) is 1. The number of phenolic OH excluding ortho intramolecular Hbond substituents is 1. The zero-order chi connectivity index (χ0) is 13.9. The molecule has 2 nitrogen and oxygen atoms in total. The van der Waals surface area contributed by atoms with Crippen LogP contribution in [0.25, 0.3) is 0 Å². The molecule has 1 unspecified atom stereocenters. The predicted octanol–water partition coefficient (Wildman–Crippen LogP) is 4.18. The molecule has 1 aromatic heterocycles. The Bertz CT molecular complexity index is 590. The van der Waals surface area contributed by atoms with E-state index in [1.54, 1.807) is 6.07 Å². The zero-order valence-corrected chi connectivity index (χ0v) is 12.7. The van der Waals surface area contributed by atoms with Crippen LogP contribution < -0.4 is 5.32 Å². The Balaban J connectivity index is 1.73. The summed E-state index contributed by atoms with van der Waals surface area (Å²) in [6, 6.07) is 8.46. The Kier molecular flexibility index (Phi) is 4.08. The van der Waals surface area contributed by atoms with E-state index in [2.05, 4.69) is 29.8 Å². The summed E-state index contributed by atoms with van der Waals surface area (Å²) in [6.07, 6.45) is 4.57. The summed E-state index contributed by atoms with van der Waals surface area (Å²) < 4.78 is 0. The number of thiophene rings is 1. The fraction of sp³-hybridized carbons (Fsp3) is 0.412. The van der Waals surface area contributed by atoms with Gasteiger partial charge >= 0.3 is 0 Å². The Labute approximate surface area is 124 Å². The highest BCUT2D eigenvalue weighted by Gasteiger charge is 2.20. The number of phenols is 1. The monoisotopic (exact) mass is 287 g/mol. The minimum Gasteiger partial charge on any atom is -0.508 e. The number of hydrogen-bond acceptors (Lipinski definition) is 3. The van der Waals surface area contributed by atoms with Gasteiger partial charge in [-0.3, -0.25) is 0 Å². The average Bonchev–Trinajstić information content (AvgIpc) is 2.92. The van der Waals surface area contributed by atoms with E-state index >= 15 is 0 Å². The maximum Gasteiger partial charge on any atom is 0.115 e. The highest BCUT2D eigenvalue weighted by Crippen LogP contribution is 2.32. The summed E-state index contributed by atoms with van der Waals surface area (Å²) in [4.78, 5) is 1.46. The smallest absolute Gasteiger partial charge is 0.115 e. The number of aromatic hydroxyl groups is 1. The molecule has 2 aromatic rings. The van der Waals surface area contributed by atoms with Gasteiger partial charge in [0.1, 0.15) is 5.75 Å². The molecule has 0 aliphatic heterocycles. The minimum atomic E-state index is 0.385. The summed E-state index contributed by atoms with van der Waals surface area (Å²) in [5.74, 6) is 0.385. The molecule has 20 heavy (non-hydrogen) atoms. The standard InChI is InChI=1S/C17H21NOS/c1-2-12-8-9-20-17(12)11-18-16-5-3-4-13-10-14(19)6-7-15(13)16/h6-10,16,18-19H,2-5,11H2,1H3. The van der Waals surface area contributed by atoms with Crippen molar-refractivity contribution in [2.45, 2.75) is 45.2 Å². The molecule has 0 fully saturated rings. The van der Waals surface area contributed by atoms with Gasteiger partial charge < -0.3 is 10.4 Å². The van der Waals surface area contributed by atoms with Crippen LogP contribution in [0.2, 0.25) is 0 Å². The molecular formula is C17H21NOS. The molecule has 0 amide bonds. The lowest BCUT2D eigenvalue weighted by Crippen LogP contribution is -2.24. The van der Waals surface area contributed by atoms with E-state index in [0.29, 0.717) is 11.8 Å². The lowest BCUT2D eigenvalue weighted by atomic mass is 9.87. The third-order valence-corrected chi connectivity index (χ3v) is 5.13. The van der Waals surface area contributed by atoms with Gasteiger partial charge in [-0.1, -0.05) is 13.0 Å². The summed E-state index contributed by atoms with van der Waals surface area (Å²) in [6.45, 7) is 3.16. The normalized spacial score (nSPS) is 17.9. The van der Waals surface area contributed by atoms with Gasteiger partial charge in [0, 0.05) is 17.5 Å². The topological polar surface area (TPSA) is 32.3 Å². The molecule has 1 heterocycles. The zero-order valence-electron chi connectivity index (χ0n) is 11.9. The van der Waals surface area contributed by atoms with Gasteiger partial charge in [0.15, 0.2) is 0 Å². The lowest BCUT2D eigenvalue weighted by molar-refractivity contribution is 0.450. The van der Waals surface area contributed by atoms with Crippen molar-refractivity contribution in [1.29, 1.82) is 0 Å². The summed E-state index contributed by atoms with van der Waals surface area (Å²) in [7, 11) is 0. The molecular weight excluding hydrogens is 266 g/mol. The van der Waals surface area contributed by atoms with Crippen molar-refractivity contribution in [2.75, 3.05) is 0 Å². The third kappa shape index (κ3) is 2.74. The first-order valence-electron chi connectivity index (χ1n) is 7.38. The maximum atomic E-state index is 9.60. The van der Waals surface area contributed by atoms with Crippen LogP contribution in [-0.4, -0.2) is 5.11 Å². The largest absolute Gasteiger partial charge is 0.508 e. The molecule has 2 N–H and O–H groups in total.